The van der Waals surface area contributed by atoms with E-state index in [9.17, 15) is 25.1 Å². The van der Waals surface area contributed by atoms with Crippen LogP contribution in [0, 0.1) is 0 Å². The van der Waals surface area contributed by atoms with Crippen LogP contribution in [-0.2, 0) is 11.2 Å². The number of nitrogens with two attached hydrogens (primary N) is 1. The van der Waals surface area contributed by atoms with Crippen molar-refractivity contribution in [2.24, 2.45) is 5.73 Å². The molecule has 162 valence electrons. The van der Waals surface area contributed by atoms with E-state index in [1.165, 1.54) is 12.5 Å². The van der Waals surface area contributed by atoms with E-state index in [2.05, 4.69) is 9.97 Å². The number of aryl methyl sites for hydroxylation is 1. The minimum Gasteiger partial charge on any atom is -0.670 e. The highest BCUT2D eigenvalue weighted by atomic mass is 16.6. The van der Waals surface area contributed by atoms with Crippen LogP contribution in [0.1, 0.15) is 35.6 Å². The standard InChI is InChI=1S/C18H24BN4O7/c20-15(12-7-21-9-22-12)17(24)23-6-4-11(8-23)29-13-2-1-10-3-5-19(27,28)30-16(10)14(13)18(25)26/h1-2,7,9,11,15,18,25-28H,3-6,8,20H2,(H,21,22)/q-1/t11-,15?/m0/s1. The minimum atomic E-state index is -3.07. The van der Waals surface area contributed by atoms with Gasteiger partial charge in [0.15, 0.2) is 6.29 Å². The molecule has 1 saturated heterocycles. The first-order chi connectivity index (χ1) is 14.2. The molecule has 0 radical (unpaired) electrons. The van der Waals surface area contributed by atoms with E-state index in [-0.39, 0.29) is 35.8 Å². The molecule has 1 fully saturated rings. The van der Waals surface area contributed by atoms with Crippen LogP contribution in [0.5, 0.6) is 11.5 Å². The number of nitrogens with one attached hydrogen (secondary N) is 1. The lowest BCUT2D eigenvalue weighted by Gasteiger charge is -2.38. The largest absolute Gasteiger partial charge is 0.670 e. The van der Waals surface area contributed by atoms with Gasteiger partial charge < -0.3 is 45.3 Å². The Balaban J connectivity index is 1.49. The van der Waals surface area contributed by atoms with Crippen LogP contribution >= 0.6 is 0 Å². The molecule has 1 aromatic heterocycles. The van der Waals surface area contributed by atoms with E-state index >= 15 is 0 Å². The van der Waals surface area contributed by atoms with Crippen molar-refractivity contribution in [1.82, 2.24) is 14.9 Å². The maximum absolute atomic E-state index is 12.6. The SMILES string of the molecule is NC(C(=O)N1CC[C@H](Oc2ccc3c(c2C(O)O)O[B-](O)(O)CC3)C1)c1cnc[nH]1. The van der Waals surface area contributed by atoms with Crippen LogP contribution in [0.3, 0.4) is 0 Å². The van der Waals surface area contributed by atoms with E-state index in [0.717, 1.165) is 0 Å². The van der Waals surface area contributed by atoms with Crippen LogP contribution in [0.25, 0.3) is 0 Å². The Kier molecular flexibility index (Phi) is 5.43. The Bertz CT molecular complexity index is 922. The summed E-state index contributed by atoms with van der Waals surface area (Å²) in [4.78, 5) is 20.9. The molecule has 1 aromatic carbocycles. The van der Waals surface area contributed by atoms with E-state index < -0.39 is 25.2 Å². The summed E-state index contributed by atoms with van der Waals surface area (Å²) in [5, 5.41) is 39.5. The van der Waals surface area contributed by atoms with Gasteiger partial charge in [0.1, 0.15) is 17.9 Å². The number of nitrogens with zero attached hydrogens (tertiary/aromatic N) is 2. The molecule has 12 heteroatoms. The van der Waals surface area contributed by atoms with E-state index in [0.29, 0.717) is 30.6 Å². The molecule has 3 heterocycles. The highest BCUT2D eigenvalue weighted by Gasteiger charge is 2.35. The first-order valence-corrected chi connectivity index (χ1v) is 9.75. The van der Waals surface area contributed by atoms with Gasteiger partial charge in [-0.05, 0) is 18.1 Å². The van der Waals surface area contributed by atoms with Crippen molar-refractivity contribution < 1.29 is 34.4 Å². The van der Waals surface area contributed by atoms with Gasteiger partial charge in [0.25, 0.3) is 0 Å². The third kappa shape index (κ3) is 4.00. The first-order valence-electron chi connectivity index (χ1n) is 9.75. The zero-order chi connectivity index (χ0) is 21.5. The molecule has 2 aliphatic heterocycles. The molecule has 0 bridgehead atoms. The predicted octanol–water partition coefficient (Wildman–Crippen LogP) is -1.07. The highest BCUT2D eigenvalue weighted by molar-refractivity contribution is 6.58. The van der Waals surface area contributed by atoms with E-state index in [4.69, 9.17) is 15.1 Å². The van der Waals surface area contributed by atoms with Gasteiger partial charge in [-0.1, -0.05) is 12.4 Å². The summed E-state index contributed by atoms with van der Waals surface area (Å²) in [5.74, 6) is -0.116. The summed E-state index contributed by atoms with van der Waals surface area (Å²) in [6.45, 7) is -2.37. The molecule has 0 aliphatic carbocycles. The van der Waals surface area contributed by atoms with Crippen LogP contribution < -0.4 is 15.1 Å². The van der Waals surface area contributed by atoms with Crippen LogP contribution in [-0.4, -0.2) is 67.0 Å². The molecule has 1 amide bonds. The lowest BCUT2D eigenvalue weighted by molar-refractivity contribution is -0.132. The number of likely N-dealkylation sites (tertiary alicyclic amines) is 1. The normalized spacial score (nSPS) is 21.3. The van der Waals surface area contributed by atoms with Crippen molar-refractivity contribution in [3.63, 3.8) is 0 Å². The molecule has 1 unspecified atom stereocenters. The van der Waals surface area contributed by atoms with Gasteiger partial charge in [0.05, 0.1) is 36.1 Å². The third-order valence-corrected chi connectivity index (χ3v) is 5.46. The van der Waals surface area contributed by atoms with Gasteiger partial charge in [-0.25, -0.2) is 4.98 Å². The quantitative estimate of drug-likeness (QED) is 0.260. The van der Waals surface area contributed by atoms with Crippen molar-refractivity contribution in [3.8, 4) is 11.5 Å². The first kappa shape index (κ1) is 20.6. The molecule has 2 aliphatic rings. The fourth-order valence-corrected chi connectivity index (χ4v) is 3.87. The number of aromatic nitrogens is 2. The molecular formula is C18H24BN4O7-. The minimum absolute atomic E-state index is 0.00551. The molecule has 30 heavy (non-hydrogen) atoms. The number of rotatable bonds is 5. The number of ether oxygens (including phenoxy) is 1. The second kappa shape index (κ2) is 7.89. The van der Waals surface area contributed by atoms with E-state index in [1.807, 2.05) is 0 Å². The van der Waals surface area contributed by atoms with Crippen molar-refractivity contribution in [2.45, 2.75) is 37.6 Å². The van der Waals surface area contributed by atoms with Gasteiger partial charge in [-0.2, -0.15) is 0 Å². The summed E-state index contributed by atoms with van der Waals surface area (Å²) < 4.78 is 11.2. The number of carbonyl (C=O) groups excluding carboxylic acids is 1. The fourth-order valence-electron chi connectivity index (χ4n) is 3.87. The predicted molar refractivity (Wildman–Crippen MR) is 104 cm³/mol. The number of imidazole rings is 1. The van der Waals surface area contributed by atoms with Crippen LogP contribution in [0.4, 0.5) is 0 Å². The number of amides is 1. The van der Waals surface area contributed by atoms with Crippen LogP contribution in [0.15, 0.2) is 24.7 Å². The number of aromatic amines is 1. The number of benzene rings is 1. The highest BCUT2D eigenvalue weighted by Crippen LogP contribution is 2.41. The van der Waals surface area contributed by atoms with Gasteiger partial charge in [-0.3, -0.25) is 4.79 Å². The Morgan fingerprint density at radius 3 is 2.90 bits per heavy atom. The molecular weight excluding hydrogens is 395 g/mol. The molecule has 4 rings (SSSR count). The lowest BCUT2D eigenvalue weighted by Crippen LogP contribution is -2.45. The average Bonchev–Trinajstić information content (AvgIpc) is 3.37. The molecule has 2 atom stereocenters. The zero-order valence-electron chi connectivity index (χ0n) is 16.1. The Hall–Kier alpha value is -2.64. The van der Waals surface area contributed by atoms with Crippen molar-refractivity contribution in [1.29, 1.82) is 0 Å². The molecule has 11 nitrogen and oxygen atoms in total. The van der Waals surface area contributed by atoms with Crippen LogP contribution in [0.2, 0.25) is 6.32 Å². The monoisotopic (exact) mass is 419 g/mol. The average molecular weight is 419 g/mol. The van der Waals surface area contributed by atoms with Gasteiger partial charge in [0.2, 0.25) is 5.91 Å². The second-order valence-corrected chi connectivity index (χ2v) is 7.65. The van der Waals surface area contributed by atoms with Crippen molar-refractivity contribution in [3.05, 3.63) is 41.5 Å². The number of aliphatic hydroxyl groups excluding tert-OH is 1. The molecule has 2 aromatic rings. The second-order valence-electron chi connectivity index (χ2n) is 7.65. The Labute approximate surface area is 172 Å². The summed E-state index contributed by atoms with van der Waals surface area (Å²) >= 11 is 0. The number of fused-ring (bicyclic) bond motifs is 1. The van der Waals surface area contributed by atoms with Gasteiger partial charge in [-0.15, -0.1) is 0 Å². The van der Waals surface area contributed by atoms with Crippen molar-refractivity contribution >= 4 is 12.7 Å². The maximum Gasteiger partial charge on any atom is 0.430 e. The number of aliphatic hydroxyl groups is 2. The third-order valence-electron chi connectivity index (χ3n) is 5.46. The maximum atomic E-state index is 12.6. The number of H-pyrrole nitrogens is 1. The lowest BCUT2D eigenvalue weighted by atomic mass is 9.70. The Morgan fingerprint density at radius 2 is 2.20 bits per heavy atom. The van der Waals surface area contributed by atoms with Gasteiger partial charge in [0, 0.05) is 13.0 Å². The summed E-state index contributed by atoms with van der Waals surface area (Å²) in [6, 6.07) is 2.42. The smallest absolute Gasteiger partial charge is 0.430 e. The summed E-state index contributed by atoms with van der Waals surface area (Å²) in [7, 11) is 0. The van der Waals surface area contributed by atoms with E-state index in [1.54, 1.807) is 17.0 Å². The Morgan fingerprint density at radius 1 is 1.40 bits per heavy atom. The van der Waals surface area contributed by atoms with Crippen molar-refractivity contribution in [2.75, 3.05) is 13.1 Å². The molecule has 0 spiro atoms. The number of hydrogen-bond donors (Lipinski definition) is 6. The topological polar surface area (TPSA) is 174 Å². The summed E-state index contributed by atoms with van der Waals surface area (Å²) in [5.41, 5.74) is 7.06. The molecule has 0 saturated carbocycles. The van der Waals surface area contributed by atoms with Gasteiger partial charge >= 0.3 is 6.75 Å². The number of carbonyl (C=O) groups is 1. The molecule has 7 N–H and O–H groups in total. The zero-order valence-corrected chi connectivity index (χ0v) is 16.1. The number of hydrogen-bond acceptors (Lipinski definition) is 9. The fraction of sp³-hybridized carbons (Fsp3) is 0.444. The summed E-state index contributed by atoms with van der Waals surface area (Å²) in [6.07, 6.45) is 1.47.